The molecule has 1 heterocycles. The highest BCUT2D eigenvalue weighted by Crippen LogP contribution is 2.17. The number of pyridine rings is 1. The number of rotatable bonds is 2. The van der Waals surface area contributed by atoms with Gasteiger partial charge in [-0.05, 0) is 19.4 Å². The smallest absolute Gasteiger partial charge is 0.287 e. The third-order valence-electron chi connectivity index (χ3n) is 1.75. The molecule has 0 aliphatic heterocycles. The lowest BCUT2D eigenvalue weighted by molar-refractivity contribution is -0.385. The molecule has 0 aromatic carbocycles. The zero-order valence-corrected chi connectivity index (χ0v) is 7.52. The monoisotopic (exact) mass is 181 g/mol. The molecule has 0 aliphatic carbocycles. The number of nitrogens with two attached hydrogens (primary N) is 1. The van der Waals surface area contributed by atoms with Gasteiger partial charge in [-0.2, -0.15) is 0 Å². The Morgan fingerprint density at radius 1 is 1.69 bits per heavy atom. The first-order chi connectivity index (χ1) is 6.02. The van der Waals surface area contributed by atoms with E-state index in [0.717, 1.165) is 5.56 Å². The molecule has 0 radical (unpaired) electrons. The van der Waals surface area contributed by atoms with E-state index in [2.05, 4.69) is 4.98 Å². The fourth-order valence-electron chi connectivity index (χ4n) is 1.15. The van der Waals surface area contributed by atoms with Crippen LogP contribution >= 0.6 is 0 Å². The standard InChI is InChI=1S/C8H11N3O2/c1-5-3-7(11(12)13)4-10-8(5)6(2)9/h3-4,6H,9H2,1-2H3. The molecule has 2 N–H and O–H groups in total. The molecule has 0 amide bonds. The summed E-state index contributed by atoms with van der Waals surface area (Å²) in [6.07, 6.45) is 1.23. The minimum atomic E-state index is -0.467. The lowest BCUT2D eigenvalue weighted by Gasteiger charge is -2.06. The van der Waals surface area contributed by atoms with Gasteiger partial charge < -0.3 is 5.73 Å². The van der Waals surface area contributed by atoms with Crippen molar-refractivity contribution in [2.45, 2.75) is 19.9 Å². The summed E-state index contributed by atoms with van der Waals surface area (Å²) in [5, 5.41) is 10.4. The van der Waals surface area contributed by atoms with E-state index in [4.69, 9.17) is 5.73 Å². The van der Waals surface area contributed by atoms with Crippen molar-refractivity contribution < 1.29 is 4.92 Å². The van der Waals surface area contributed by atoms with Crippen LogP contribution in [-0.4, -0.2) is 9.91 Å². The Kier molecular flexibility index (Phi) is 2.57. The molecule has 1 atom stereocenters. The van der Waals surface area contributed by atoms with Gasteiger partial charge in [0.25, 0.3) is 5.69 Å². The fourth-order valence-corrected chi connectivity index (χ4v) is 1.15. The van der Waals surface area contributed by atoms with Crippen molar-refractivity contribution in [2.24, 2.45) is 5.73 Å². The number of aryl methyl sites for hydroxylation is 1. The van der Waals surface area contributed by atoms with Crippen LogP contribution in [0.2, 0.25) is 0 Å². The quantitative estimate of drug-likeness (QED) is 0.551. The average Bonchev–Trinajstić information content (AvgIpc) is 2.03. The molecule has 1 rings (SSSR count). The normalized spacial score (nSPS) is 12.5. The first-order valence-electron chi connectivity index (χ1n) is 3.89. The molecule has 70 valence electrons. The van der Waals surface area contributed by atoms with Gasteiger partial charge in [0.05, 0.1) is 10.6 Å². The van der Waals surface area contributed by atoms with Crippen LogP contribution in [0.25, 0.3) is 0 Å². The first kappa shape index (κ1) is 9.60. The molecule has 5 heteroatoms. The summed E-state index contributed by atoms with van der Waals surface area (Å²) in [5.41, 5.74) is 7.06. The van der Waals surface area contributed by atoms with Gasteiger partial charge in [-0.15, -0.1) is 0 Å². The van der Waals surface area contributed by atoms with E-state index < -0.39 is 4.92 Å². The molecule has 0 saturated carbocycles. The van der Waals surface area contributed by atoms with E-state index in [1.165, 1.54) is 12.3 Å². The molecule has 0 saturated heterocycles. The highest BCUT2D eigenvalue weighted by Gasteiger charge is 2.11. The molecular formula is C8H11N3O2. The van der Waals surface area contributed by atoms with Gasteiger partial charge in [-0.25, -0.2) is 0 Å². The maximum atomic E-state index is 10.4. The van der Waals surface area contributed by atoms with E-state index >= 15 is 0 Å². The van der Waals surface area contributed by atoms with E-state index in [0.29, 0.717) is 5.69 Å². The van der Waals surface area contributed by atoms with Crippen LogP contribution in [0.1, 0.15) is 24.2 Å². The lowest BCUT2D eigenvalue weighted by Crippen LogP contribution is -2.09. The minimum Gasteiger partial charge on any atom is -0.323 e. The van der Waals surface area contributed by atoms with Crippen molar-refractivity contribution in [1.82, 2.24) is 4.98 Å². The maximum Gasteiger partial charge on any atom is 0.287 e. The number of hydrogen-bond donors (Lipinski definition) is 1. The van der Waals surface area contributed by atoms with E-state index in [9.17, 15) is 10.1 Å². The third kappa shape index (κ3) is 2.00. The van der Waals surface area contributed by atoms with Gasteiger partial charge in [0.1, 0.15) is 6.20 Å². The van der Waals surface area contributed by atoms with Crippen molar-refractivity contribution >= 4 is 5.69 Å². The molecule has 0 bridgehead atoms. The number of aromatic nitrogens is 1. The Hall–Kier alpha value is -1.49. The lowest BCUT2D eigenvalue weighted by atomic mass is 10.1. The third-order valence-corrected chi connectivity index (χ3v) is 1.75. The molecule has 1 aromatic heterocycles. The zero-order valence-electron chi connectivity index (χ0n) is 7.52. The van der Waals surface area contributed by atoms with Crippen molar-refractivity contribution in [3.63, 3.8) is 0 Å². The Labute approximate surface area is 75.7 Å². The summed E-state index contributed by atoms with van der Waals surface area (Å²) in [6, 6.07) is 1.28. The number of nitro groups is 1. The van der Waals surface area contributed by atoms with Gasteiger partial charge in [0, 0.05) is 12.1 Å². The second-order valence-corrected chi connectivity index (χ2v) is 2.94. The maximum absolute atomic E-state index is 10.4. The van der Waals surface area contributed by atoms with Crippen molar-refractivity contribution in [2.75, 3.05) is 0 Å². The van der Waals surface area contributed by atoms with E-state index in [-0.39, 0.29) is 11.7 Å². The molecule has 1 unspecified atom stereocenters. The fraction of sp³-hybridized carbons (Fsp3) is 0.375. The van der Waals surface area contributed by atoms with Crippen LogP contribution in [0.15, 0.2) is 12.3 Å². The topological polar surface area (TPSA) is 82.0 Å². The van der Waals surface area contributed by atoms with Crippen LogP contribution in [0.5, 0.6) is 0 Å². The average molecular weight is 181 g/mol. The molecule has 0 spiro atoms. The first-order valence-corrected chi connectivity index (χ1v) is 3.89. The highest BCUT2D eigenvalue weighted by atomic mass is 16.6. The Bertz CT molecular complexity index is 336. The summed E-state index contributed by atoms with van der Waals surface area (Å²) in [4.78, 5) is 13.8. The van der Waals surface area contributed by atoms with Gasteiger partial charge in [0.2, 0.25) is 0 Å². The van der Waals surface area contributed by atoms with Crippen LogP contribution in [0, 0.1) is 17.0 Å². The second kappa shape index (κ2) is 3.49. The summed E-state index contributed by atoms with van der Waals surface area (Å²) in [6.45, 7) is 3.56. The van der Waals surface area contributed by atoms with Gasteiger partial charge in [0.15, 0.2) is 0 Å². The Morgan fingerprint density at radius 2 is 2.31 bits per heavy atom. The molecule has 5 nitrogen and oxygen atoms in total. The van der Waals surface area contributed by atoms with Crippen LogP contribution in [-0.2, 0) is 0 Å². The number of nitrogens with zero attached hydrogens (tertiary/aromatic N) is 2. The summed E-state index contributed by atoms with van der Waals surface area (Å²) >= 11 is 0. The van der Waals surface area contributed by atoms with Crippen LogP contribution in [0.3, 0.4) is 0 Å². The van der Waals surface area contributed by atoms with Crippen LogP contribution < -0.4 is 5.73 Å². The molecule has 0 fully saturated rings. The number of hydrogen-bond acceptors (Lipinski definition) is 4. The second-order valence-electron chi connectivity index (χ2n) is 2.94. The van der Waals surface area contributed by atoms with Crippen molar-refractivity contribution in [1.29, 1.82) is 0 Å². The van der Waals surface area contributed by atoms with Gasteiger partial charge in [-0.3, -0.25) is 15.1 Å². The predicted octanol–water partition coefficient (Wildman–Crippen LogP) is 1.32. The van der Waals surface area contributed by atoms with Crippen molar-refractivity contribution in [3.05, 3.63) is 33.6 Å². The van der Waals surface area contributed by atoms with Gasteiger partial charge in [-0.1, -0.05) is 0 Å². The summed E-state index contributed by atoms with van der Waals surface area (Å²) in [7, 11) is 0. The SMILES string of the molecule is Cc1cc([N+](=O)[O-])cnc1C(C)N. The molecule has 0 aliphatic rings. The Morgan fingerprint density at radius 3 is 2.69 bits per heavy atom. The predicted molar refractivity (Wildman–Crippen MR) is 48.2 cm³/mol. The van der Waals surface area contributed by atoms with E-state index in [1.54, 1.807) is 13.8 Å². The minimum absolute atomic E-state index is 0.00176. The zero-order chi connectivity index (χ0) is 10.0. The summed E-state index contributed by atoms with van der Waals surface area (Å²) in [5.74, 6) is 0. The van der Waals surface area contributed by atoms with Crippen LogP contribution in [0.4, 0.5) is 5.69 Å². The van der Waals surface area contributed by atoms with Gasteiger partial charge >= 0.3 is 0 Å². The largest absolute Gasteiger partial charge is 0.323 e. The highest BCUT2D eigenvalue weighted by molar-refractivity contribution is 5.34. The molecule has 1 aromatic rings. The Balaban J connectivity index is 3.13. The molecular weight excluding hydrogens is 170 g/mol. The molecule has 13 heavy (non-hydrogen) atoms. The van der Waals surface area contributed by atoms with E-state index in [1.807, 2.05) is 0 Å². The summed E-state index contributed by atoms with van der Waals surface area (Å²) < 4.78 is 0. The van der Waals surface area contributed by atoms with Crippen molar-refractivity contribution in [3.8, 4) is 0 Å².